The highest BCUT2D eigenvalue weighted by atomic mass is 32.2. The van der Waals surface area contributed by atoms with Crippen LogP contribution >= 0.6 is 0 Å². The molecule has 1 aliphatic heterocycles. The van der Waals surface area contributed by atoms with Gasteiger partial charge in [0.05, 0.1) is 16.2 Å². The first-order valence-electron chi connectivity index (χ1n) is 7.03. The Hall–Kier alpha value is -1.40. The highest BCUT2D eigenvalue weighted by Gasteiger charge is 2.32. The van der Waals surface area contributed by atoms with Crippen LogP contribution in [0.5, 0.6) is 0 Å². The number of nitrogens with zero attached hydrogens (tertiary/aromatic N) is 1. The Morgan fingerprint density at radius 2 is 2.10 bits per heavy atom. The maximum Gasteiger partial charge on any atom is 0.335 e. The van der Waals surface area contributed by atoms with Crippen LogP contribution in [0.2, 0.25) is 0 Å². The highest BCUT2D eigenvalue weighted by Crippen LogP contribution is 2.28. The van der Waals surface area contributed by atoms with Crippen molar-refractivity contribution in [1.29, 1.82) is 0 Å². The molecule has 1 saturated heterocycles. The summed E-state index contributed by atoms with van der Waals surface area (Å²) < 4.78 is 24.7. The first kappa shape index (κ1) is 16.0. The molecule has 6 heteroatoms. The minimum atomic E-state index is -3.46. The number of carboxylic acids is 1. The van der Waals surface area contributed by atoms with E-state index in [4.69, 9.17) is 5.11 Å². The summed E-state index contributed by atoms with van der Waals surface area (Å²) in [5, 5.41) is 8.94. The van der Waals surface area contributed by atoms with E-state index in [2.05, 4.69) is 18.7 Å². The van der Waals surface area contributed by atoms with Gasteiger partial charge in [0, 0.05) is 12.1 Å². The molecule has 21 heavy (non-hydrogen) atoms. The van der Waals surface area contributed by atoms with Crippen LogP contribution in [0.3, 0.4) is 0 Å². The monoisotopic (exact) mass is 311 g/mol. The molecule has 1 aromatic rings. The van der Waals surface area contributed by atoms with Gasteiger partial charge in [0.2, 0.25) is 0 Å². The highest BCUT2D eigenvalue weighted by molar-refractivity contribution is 7.91. The van der Waals surface area contributed by atoms with E-state index >= 15 is 0 Å². The molecule has 0 radical (unpaired) electrons. The van der Waals surface area contributed by atoms with Gasteiger partial charge in [-0.3, -0.25) is 4.90 Å². The number of benzene rings is 1. The van der Waals surface area contributed by atoms with Crippen LogP contribution in [0.15, 0.2) is 29.2 Å². The predicted octanol–water partition coefficient (Wildman–Crippen LogP) is 2.03. The zero-order chi connectivity index (χ0) is 15.7. The van der Waals surface area contributed by atoms with Gasteiger partial charge >= 0.3 is 5.97 Å². The fourth-order valence-electron chi connectivity index (χ4n) is 2.75. The Balaban J connectivity index is 2.12. The van der Waals surface area contributed by atoms with E-state index in [9.17, 15) is 13.2 Å². The van der Waals surface area contributed by atoms with Crippen LogP contribution in [0.4, 0.5) is 0 Å². The second-order valence-corrected chi connectivity index (χ2v) is 8.16. The number of rotatable bonds is 5. The molecule has 0 unspecified atom stereocenters. The van der Waals surface area contributed by atoms with Gasteiger partial charge in [-0.15, -0.1) is 0 Å². The topological polar surface area (TPSA) is 74.7 Å². The third kappa shape index (κ3) is 3.63. The van der Waals surface area contributed by atoms with Crippen molar-refractivity contribution in [1.82, 2.24) is 4.90 Å². The number of sulfone groups is 1. The molecule has 1 aromatic carbocycles. The summed E-state index contributed by atoms with van der Waals surface area (Å²) in [6.07, 6.45) is 2.16. The Bertz CT molecular complexity index is 637. The lowest BCUT2D eigenvalue weighted by molar-refractivity contribution is 0.0696. The summed E-state index contributed by atoms with van der Waals surface area (Å²) in [6, 6.07) is 5.55. The van der Waals surface area contributed by atoms with E-state index in [0.717, 1.165) is 19.4 Å². The fraction of sp³-hybridized carbons (Fsp3) is 0.533. The zero-order valence-electron chi connectivity index (χ0n) is 12.4. The molecule has 5 nitrogen and oxygen atoms in total. The van der Waals surface area contributed by atoms with Crippen molar-refractivity contribution in [2.24, 2.45) is 0 Å². The molecule has 0 amide bonds. The molecule has 1 N–H and O–H groups in total. The fourth-order valence-corrected chi connectivity index (χ4v) is 4.04. The molecule has 0 aromatic heterocycles. The average molecular weight is 311 g/mol. The summed E-state index contributed by atoms with van der Waals surface area (Å²) >= 11 is 0. The summed E-state index contributed by atoms with van der Waals surface area (Å²) in [5.74, 6) is -1.10. The minimum Gasteiger partial charge on any atom is -0.478 e. The molecular formula is C15H21NO4S. The third-order valence-corrected chi connectivity index (χ3v) is 5.83. The van der Waals surface area contributed by atoms with Crippen LogP contribution < -0.4 is 0 Å². The SMILES string of the molecule is CC1(C)CCCN1CCS(=O)(=O)c1cccc(C(=O)O)c1. The molecule has 0 spiro atoms. The van der Waals surface area contributed by atoms with E-state index in [1.807, 2.05) is 0 Å². The second-order valence-electron chi connectivity index (χ2n) is 6.05. The molecule has 1 heterocycles. The summed E-state index contributed by atoms with van der Waals surface area (Å²) in [4.78, 5) is 13.2. The van der Waals surface area contributed by atoms with Crippen molar-refractivity contribution in [3.05, 3.63) is 29.8 Å². The molecule has 0 saturated carbocycles. The van der Waals surface area contributed by atoms with E-state index in [0.29, 0.717) is 6.54 Å². The van der Waals surface area contributed by atoms with Gasteiger partial charge in [0.1, 0.15) is 0 Å². The number of carbonyl (C=O) groups is 1. The average Bonchev–Trinajstić information content (AvgIpc) is 2.75. The molecule has 1 aliphatic rings. The van der Waals surface area contributed by atoms with Crippen molar-refractivity contribution in [3.8, 4) is 0 Å². The molecule has 2 rings (SSSR count). The number of likely N-dealkylation sites (tertiary alicyclic amines) is 1. The number of carboxylic acid groups (broad SMARTS) is 1. The number of hydrogen-bond acceptors (Lipinski definition) is 4. The predicted molar refractivity (Wildman–Crippen MR) is 80.3 cm³/mol. The lowest BCUT2D eigenvalue weighted by Gasteiger charge is -2.31. The molecule has 0 atom stereocenters. The Labute approximate surface area is 125 Å². The van der Waals surface area contributed by atoms with Gasteiger partial charge in [-0.2, -0.15) is 0 Å². The zero-order valence-corrected chi connectivity index (χ0v) is 13.2. The van der Waals surface area contributed by atoms with E-state index in [-0.39, 0.29) is 21.8 Å². The van der Waals surface area contributed by atoms with Crippen LogP contribution in [0.1, 0.15) is 37.0 Å². The number of hydrogen-bond donors (Lipinski definition) is 1. The summed E-state index contributed by atoms with van der Waals surface area (Å²) in [6.45, 7) is 5.64. The Morgan fingerprint density at radius 3 is 2.67 bits per heavy atom. The number of aromatic carboxylic acids is 1. The normalized spacial score (nSPS) is 18.8. The van der Waals surface area contributed by atoms with Gasteiger partial charge < -0.3 is 5.11 Å². The third-order valence-electron chi connectivity index (χ3n) is 4.14. The van der Waals surface area contributed by atoms with Crippen molar-refractivity contribution in [2.45, 2.75) is 37.1 Å². The van der Waals surface area contributed by atoms with Gasteiger partial charge in [-0.1, -0.05) is 6.07 Å². The largest absolute Gasteiger partial charge is 0.478 e. The maximum absolute atomic E-state index is 12.4. The van der Waals surface area contributed by atoms with Crippen LogP contribution in [0, 0.1) is 0 Å². The summed E-state index contributed by atoms with van der Waals surface area (Å²) in [7, 11) is -3.46. The minimum absolute atomic E-state index is 0.00224. The van der Waals surface area contributed by atoms with Gasteiger partial charge in [-0.05, 0) is 51.4 Å². The maximum atomic E-state index is 12.4. The molecule has 1 fully saturated rings. The lowest BCUT2D eigenvalue weighted by atomic mass is 10.0. The smallest absolute Gasteiger partial charge is 0.335 e. The molecule has 0 aliphatic carbocycles. The van der Waals surface area contributed by atoms with Crippen molar-refractivity contribution in [2.75, 3.05) is 18.8 Å². The van der Waals surface area contributed by atoms with Gasteiger partial charge in [0.15, 0.2) is 9.84 Å². The standard InChI is InChI=1S/C15H21NO4S/c1-15(2)7-4-8-16(15)9-10-21(19,20)13-6-3-5-12(11-13)14(17)18/h3,5-6,11H,4,7-10H2,1-2H3,(H,17,18). The van der Waals surface area contributed by atoms with Gasteiger partial charge in [0.25, 0.3) is 0 Å². The van der Waals surface area contributed by atoms with E-state index in [1.165, 1.54) is 24.3 Å². The van der Waals surface area contributed by atoms with Crippen molar-refractivity contribution < 1.29 is 18.3 Å². The van der Waals surface area contributed by atoms with Crippen LogP contribution in [-0.2, 0) is 9.84 Å². The second kappa shape index (κ2) is 5.77. The molecule has 116 valence electrons. The first-order chi connectivity index (χ1) is 9.72. The van der Waals surface area contributed by atoms with Crippen molar-refractivity contribution >= 4 is 15.8 Å². The van der Waals surface area contributed by atoms with Crippen molar-refractivity contribution in [3.63, 3.8) is 0 Å². The lowest BCUT2D eigenvalue weighted by Crippen LogP contribution is -2.40. The van der Waals surface area contributed by atoms with E-state index < -0.39 is 15.8 Å². The van der Waals surface area contributed by atoms with Crippen LogP contribution in [-0.4, -0.2) is 48.8 Å². The quantitative estimate of drug-likeness (QED) is 0.900. The Morgan fingerprint density at radius 1 is 1.38 bits per heavy atom. The van der Waals surface area contributed by atoms with Crippen LogP contribution in [0.25, 0.3) is 0 Å². The molecular weight excluding hydrogens is 290 g/mol. The van der Waals surface area contributed by atoms with Gasteiger partial charge in [-0.25, -0.2) is 13.2 Å². The first-order valence-corrected chi connectivity index (χ1v) is 8.69. The Kier molecular flexibility index (Phi) is 4.39. The molecule has 0 bridgehead atoms. The summed E-state index contributed by atoms with van der Waals surface area (Å²) in [5.41, 5.74) is 0.0379. The van der Waals surface area contributed by atoms with E-state index in [1.54, 1.807) is 0 Å².